The number of rotatable bonds is 1. The van der Waals surface area contributed by atoms with Crippen molar-refractivity contribution in [3.05, 3.63) is 41.0 Å². The zero-order chi connectivity index (χ0) is 11.3. The van der Waals surface area contributed by atoms with Crippen molar-refractivity contribution in [2.45, 2.75) is 39.7 Å². The van der Waals surface area contributed by atoms with Crippen LogP contribution in [0.4, 0.5) is 0 Å². The number of fused-ring (bicyclic) bond motifs is 1. The van der Waals surface area contributed by atoms with Crippen LogP contribution < -0.4 is 0 Å². The van der Waals surface area contributed by atoms with E-state index >= 15 is 0 Å². The summed E-state index contributed by atoms with van der Waals surface area (Å²) in [6, 6.07) is 6.20. The molecule has 0 fully saturated rings. The number of hydrogen-bond donors (Lipinski definition) is 1. The molecule has 1 nitrogen and oxygen atoms in total. The average molecular weight is 204 g/mol. The number of aliphatic hydroxyl groups excluding tert-OH is 1. The van der Waals surface area contributed by atoms with Gasteiger partial charge in [-0.15, -0.1) is 0 Å². The van der Waals surface area contributed by atoms with Gasteiger partial charge in [-0.2, -0.15) is 0 Å². The van der Waals surface area contributed by atoms with E-state index in [1.54, 1.807) is 6.92 Å². The van der Waals surface area contributed by atoms with E-state index in [2.05, 4.69) is 24.3 Å². The summed E-state index contributed by atoms with van der Waals surface area (Å²) in [5, 5.41) is 9.41. The number of benzene rings is 1. The number of allylic oxidation sites excluding steroid dienone is 1. The lowest BCUT2D eigenvalue weighted by Crippen LogP contribution is -1.98. The second-order valence-corrected chi connectivity index (χ2v) is 3.58. The van der Waals surface area contributed by atoms with E-state index in [1.807, 2.05) is 19.9 Å². The maximum absolute atomic E-state index is 9.41. The summed E-state index contributed by atoms with van der Waals surface area (Å²) in [5.74, 6) is 0. The van der Waals surface area contributed by atoms with E-state index in [1.165, 1.54) is 11.1 Å². The Labute approximate surface area is 92.5 Å². The van der Waals surface area contributed by atoms with Crippen molar-refractivity contribution in [2.75, 3.05) is 0 Å². The molecule has 2 rings (SSSR count). The van der Waals surface area contributed by atoms with Crippen LogP contribution in [0.25, 0.3) is 6.08 Å². The lowest BCUT2D eigenvalue weighted by Gasteiger charge is -2.13. The zero-order valence-corrected chi connectivity index (χ0v) is 9.83. The van der Waals surface area contributed by atoms with Crippen LogP contribution in [0.2, 0.25) is 0 Å². The monoisotopic (exact) mass is 204 g/mol. The van der Waals surface area contributed by atoms with Gasteiger partial charge in [-0.1, -0.05) is 44.2 Å². The van der Waals surface area contributed by atoms with Crippen LogP contribution in [-0.4, -0.2) is 5.11 Å². The summed E-state index contributed by atoms with van der Waals surface area (Å²) in [5.41, 5.74) is 3.69. The molecule has 0 saturated heterocycles. The minimum Gasteiger partial charge on any atom is -0.389 e. The van der Waals surface area contributed by atoms with Crippen LogP contribution in [0.5, 0.6) is 0 Å². The molecule has 0 radical (unpaired) electrons. The van der Waals surface area contributed by atoms with Gasteiger partial charge in [0.15, 0.2) is 0 Å². The zero-order valence-electron chi connectivity index (χ0n) is 9.83. The van der Waals surface area contributed by atoms with Gasteiger partial charge < -0.3 is 5.11 Å². The van der Waals surface area contributed by atoms with E-state index in [-0.39, 0.29) is 6.10 Å². The smallest absolute Gasteiger partial charge is 0.0762 e. The molecule has 1 aliphatic carbocycles. The molecule has 0 heterocycles. The third-order valence-electron chi connectivity index (χ3n) is 2.53. The molecule has 0 bridgehead atoms. The third-order valence-corrected chi connectivity index (χ3v) is 2.53. The highest BCUT2D eigenvalue weighted by Gasteiger charge is 2.07. The van der Waals surface area contributed by atoms with E-state index in [9.17, 15) is 5.11 Å². The molecule has 1 aromatic rings. The molecule has 15 heavy (non-hydrogen) atoms. The van der Waals surface area contributed by atoms with Crippen LogP contribution >= 0.6 is 0 Å². The Hall–Kier alpha value is -1.08. The highest BCUT2D eigenvalue weighted by Crippen LogP contribution is 2.23. The largest absolute Gasteiger partial charge is 0.389 e. The molecule has 0 aliphatic heterocycles. The predicted octanol–water partition coefficient (Wildman–Crippen LogP) is 3.73. The van der Waals surface area contributed by atoms with E-state index in [4.69, 9.17) is 0 Å². The first-order valence-electron chi connectivity index (χ1n) is 5.75. The van der Waals surface area contributed by atoms with Crippen molar-refractivity contribution < 1.29 is 5.11 Å². The van der Waals surface area contributed by atoms with Crippen molar-refractivity contribution in [2.24, 2.45) is 0 Å². The summed E-state index contributed by atoms with van der Waals surface area (Å²) in [6.07, 6.45) is 6.23. The lowest BCUT2D eigenvalue weighted by molar-refractivity contribution is 0.199. The van der Waals surface area contributed by atoms with Gasteiger partial charge in [0.1, 0.15) is 0 Å². The fraction of sp³-hybridized carbons (Fsp3) is 0.429. The molecule has 0 amide bonds. The van der Waals surface area contributed by atoms with Crippen LogP contribution in [0.15, 0.2) is 24.3 Å². The normalized spacial score (nSPS) is 14.9. The second-order valence-electron chi connectivity index (χ2n) is 3.58. The fourth-order valence-electron chi connectivity index (χ4n) is 1.71. The molecule has 1 unspecified atom stereocenters. The summed E-state index contributed by atoms with van der Waals surface area (Å²) < 4.78 is 0. The molecule has 0 saturated carbocycles. The van der Waals surface area contributed by atoms with Gasteiger partial charge in [-0.25, -0.2) is 0 Å². The van der Waals surface area contributed by atoms with Gasteiger partial charge in [0.2, 0.25) is 0 Å². The highest BCUT2D eigenvalue weighted by molar-refractivity contribution is 5.57. The number of hydrogen-bond acceptors (Lipinski definition) is 1. The Morgan fingerprint density at radius 3 is 2.67 bits per heavy atom. The van der Waals surface area contributed by atoms with Crippen molar-refractivity contribution in [3.8, 4) is 0 Å². The first-order chi connectivity index (χ1) is 7.27. The van der Waals surface area contributed by atoms with E-state index in [0.29, 0.717) is 0 Å². The molecule has 1 aliphatic rings. The molecule has 0 spiro atoms. The van der Waals surface area contributed by atoms with Gasteiger partial charge >= 0.3 is 0 Å². The molecule has 1 heteroatoms. The molecular weight excluding hydrogens is 184 g/mol. The summed E-state index contributed by atoms with van der Waals surface area (Å²) in [7, 11) is 0. The highest BCUT2D eigenvalue weighted by atomic mass is 16.3. The van der Waals surface area contributed by atoms with Gasteiger partial charge in [-0.3, -0.25) is 0 Å². The van der Waals surface area contributed by atoms with Crippen molar-refractivity contribution in [1.82, 2.24) is 0 Å². The summed E-state index contributed by atoms with van der Waals surface area (Å²) in [6.45, 7) is 5.81. The third kappa shape index (κ3) is 2.93. The molecule has 82 valence electrons. The summed E-state index contributed by atoms with van der Waals surface area (Å²) in [4.78, 5) is 0. The Balaban J connectivity index is 0.000000531. The standard InChI is InChI=1S/C12H14O.C2H6/c1-9(13)11-7-6-10-4-2-3-5-12(10)8-11;1-2/h2,4,6-9,13H,3,5H2,1H3;1-2H3. The minimum absolute atomic E-state index is 0.351. The van der Waals surface area contributed by atoms with E-state index < -0.39 is 0 Å². The van der Waals surface area contributed by atoms with Crippen LogP contribution in [0.1, 0.15) is 50.0 Å². The molecule has 1 aromatic carbocycles. The average Bonchev–Trinajstić information content (AvgIpc) is 2.31. The molecular formula is C14H20O. The van der Waals surface area contributed by atoms with Crippen molar-refractivity contribution >= 4 is 6.08 Å². The maximum Gasteiger partial charge on any atom is 0.0762 e. The van der Waals surface area contributed by atoms with E-state index in [0.717, 1.165) is 18.4 Å². The second kappa shape index (κ2) is 5.72. The molecule has 1 N–H and O–H groups in total. The molecule has 0 aromatic heterocycles. The van der Waals surface area contributed by atoms with Gasteiger partial charge in [0, 0.05) is 0 Å². The van der Waals surface area contributed by atoms with Crippen LogP contribution in [-0.2, 0) is 6.42 Å². The Bertz CT molecular complexity index is 337. The van der Waals surface area contributed by atoms with Crippen molar-refractivity contribution in [1.29, 1.82) is 0 Å². The maximum atomic E-state index is 9.41. The van der Waals surface area contributed by atoms with Crippen LogP contribution in [0, 0.1) is 0 Å². The first-order valence-corrected chi connectivity index (χ1v) is 5.75. The Morgan fingerprint density at radius 2 is 2.00 bits per heavy atom. The number of aliphatic hydroxyl groups is 1. The minimum atomic E-state index is -0.351. The quantitative estimate of drug-likeness (QED) is 0.739. The molecule has 1 atom stereocenters. The van der Waals surface area contributed by atoms with Gasteiger partial charge in [-0.05, 0) is 36.5 Å². The SMILES string of the molecule is CC.CC(O)c1ccc2c(c1)CCC=C2. The fourth-order valence-corrected chi connectivity index (χ4v) is 1.71. The topological polar surface area (TPSA) is 20.2 Å². The first kappa shape index (κ1) is 12.0. The predicted molar refractivity (Wildman–Crippen MR) is 65.8 cm³/mol. The van der Waals surface area contributed by atoms with Crippen molar-refractivity contribution in [3.63, 3.8) is 0 Å². The van der Waals surface area contributed by atoms with Crippen LogP contribution in [0.3, 0.4) is 0 Å². The lowest BCUT2D eigenvalue weighted by atomic mass is 9.94. The Morgan fingerprint density at radius 1 is 1.27 bits per heavy atom. The van der Waals surface area contributed by atoms with Gasteiger partial charge in [0.05, 0.1) is 6.10 Å². The Kier molecular flexibility index (Phi) is 4.57. The summed E-state index contributed by atoms with van der Waals surface area (Å²) >= 11 is 0. The van der Waals surface area contributed by atoms with Gasteiger partial charge in [0.25, 0.3) is 0 Å². The number of aryl methyl sites for hydroxylation is 1.